The van der Waals surface area contributed by atoms with Gasteiger partial charge in [0.2, 0.25) is 5.89 Å². The Labute approximate surface area is 167 Å². The summed E-state index contributed by atoms with van der Waals surface area (Å²) in [5, 5.41) is 5.11. The van der Waals surface area contributed by atoms with Crippen LogP contribution >= 0.6 is 0 Å². The molecule has 5 aromatic rings. The Balaban J connectivity index is 1.43. The van der Waals surface area contributed by atoms with E-state index in [1.165, 1.54) is 0 Å². The van der Waals surface area contributed by atoms with Gasteiger partial charge in [-0.1, -0.05) is 42.5 Å². The predicted octanol–water partition coefficient (Wildman–Crippen LogP) is 6.21. The van der Waals surface area contributed by atoms with E-state index >= 15 is 0 Å². The monoisotopic (exact) mass is 378 g/mol. The van der Waals surface area contributed by atoms with Gasteiger partial charge in [-0.2, -0.15) is 0 Å². The highest BCUT2D eigenvalue weighted by Crippen LogP contribution is 2.27. The molecule has 4 heteroatoms. The van der Waals surface area contributed by atoms with Gasteiger partial charge in [-0.3, -0.25) is 4.79 Å². The van der Waals surface area contributed by atoms with Gasteiger partial charge >= 0.3 is 0 Å². The minimum atomic E-state index is -0.152. The normalized spacial score (nSPS) is 11.1. The van der Waals surface area contributed by atoms with Crippen molar-refractivity contribution in [1.82, 2.24) is 4.98 Å². The van der Waals surface area contributed by atoms with E-state index in [-0.39, 0.29) is 5.91 Å². The molecule has 0 fully saturated rings. The van der Waals surface area contributed by atoms with Gasteiger partial charge in [0.05, 0.1) is 0 Å². The lowest BCUT2D eigenvalue weighted by atomic mass is 10.1. The number of oxazole rings is 1. The number of nitrogens with one attached hydrogen (secondary N) is 1. The lowest BCUT2D eigenvalue weighted by molar-refractivity contribution is 0.102. The summed E-state index contributed by atoms with van der Waals surface area (Å²) in [7, 11) is 0. The molecule has 0 unspecified atom stereocenters. The third-order valence-corrected chi connectivity index (χ3v) is 4.92. The Morgan fingerprint density at radius 2 is 1.72 bits per heavy atom. The number of aromatic nitrogens is 1. The Bertz CT molecular complexity index is 1370. The fourth-order valence-electron chi connectivity index (χ4n) is 3.42. The van der Waals surface area contributed by atoms with E-state index in [4.69, 9.17) is 4.42 Å². The summed E-state index contributed by atoms with van der Waals surface area (Å²) in [5.41, 5.74) is 4.83. The Morgan fingerprint density at radius 3 is 2.62 bits per heavy atom. The Morgan fingerprint density at radius 1 is 0.862 bits per heavy atom. The van der Waals surface area contributed by atoms with Crippen molar-refractivity contribution in [2.45, 2.75) is 6.92 Å². The van der Waals surface area contributed by atoms with Crippen molar-refractivity contribution in [3.63, 3.8) is 0 Å². The molecule has 1 aromatic heterocycles. The van der Waals surface area contributed by atoms with E-state index < -0.39 is 0 Å². The van der Waals surface area contributed by atoms with E-state index in [0.29, 0.717) is 17.1 Å². The van der Waals surface area contributed by atoms with E-state index in [2.05, 4.69) is 10.3 Å². The molecule has 0 spiro atoms. The SMILES string of the molecule is Cc1ccc2oc(-c3cccc(NC(=O)c4ccc5ccccc5c4)c3)nc2c1. The van der Waals surface area contributed by atoms with Gasteiger partial charge < -0.3 is 9.73 Å². The summed E-state index contributed by atoms with van der Waals surface area (Å²) in [5.74, 6) is 0.383. The van der Waals surface area contributed by atoms with Crippen molar-refractivity contribution in [2.75, 3.05) is 5.32 Å². The van der Waals surface area contributed by atoms with Crippen LogP contribution in [0.3, 0.4) is 0 Å². The zero-order chi connectivity index (χ0) is 19.8. The maximum atomic E-state index is 12.7. The van der Waals surface area contributed by atoms with Crippen LogP contribution in [-0.2, 0) is 0 Å². The van der Waals surface area contributed by atoms with Crippen molar-refractivity contribution in [3.8, 4) is 11.5 Å². The van der Waals surface area contributed by atoms with Gasteiger partial charge in [0.1, 0.15) is 5.52 Å². The first-order valence-electron chi connectivity index (χ1n) is 9.43. The second-order valence-electron chi connectivity index (χ2n) is 7.09. The van der Waals surface area contributed by atoms with Crippen LogP contribution in [0.2, 0.25) is 0 Å². The molecule has 0 saturated heterocycles. The molecular weight excluding hydrogens is 360 g/mol. The number of hydrogen-bond donors (Lipinski definition) is 1. The summed E-state index contributed by atoms with van der Waals surface area (Å²) in [4.78, 5) is 17.3. The molecule has 1 amide bonds. The summed E-state index contributed by atoms with van der Waals surface area (Å²) < 4.78 is 5.88. The second kappa shape index (κ2) is 6.91. The fourth-order valence-corrected chi connectivity index (χ4v) is 3.42. The molecule has 1 heterocycles. The first kappa shape index (κ1) is 17.2. The van der Waals surface area contributed by atoms with Crippen LogP contribution in [-0.4, -0.2) is 10.9 Å². The first-order valence-corrected chi connectivity index (χ1v) is 9.43. The minimum absolute atomic E-state index is 0.152. The number of fused-ring (bicyclic) bond motifs is 2. The topological polar surface area (TPSA) is 55.1 Å². The van der Waals surface area contributed by atoms with Crippen molar-refractivity contribution in [1.29, 1.82) is 0 Å². The highest BCUT2D eigenvalue weighted by Gasteiger charge is 2.11. The van der Waals surface area contributed by atoms with Crippen molar-refractivity contribution >= 4 is 33.5 Å². The summed E-state index contributed by atoms with van der Waals surface area (Å²) in [6.45, 7) is 2.02. The number of anilines is 1. The van der Waals surface area contributed by atoms with E-state index in [1.54, 1.807) is 0 Å². The molecule has 0 aliphatic rings. The molecule has 0 atom stereocenters. The van der Waals surface area contributed by atoms with Gasteiger partial charge in [-0.25, -0.2) is 4.98 Å². The molecular formula is C25H18N2O2. The van der Waals surface area contributed by atoms with Crippen LogP contribution < -0.4 is 5.32 Å². The third-order valence-electron chi connectivity index (χ3n) is 4.92. The van der Waals surface area contributed by atoms with E-state index in [9.17, 15) is 4.79 Å². The Hall–Kier alpha value is -3.92. The molecule has 0 bridgehead atoms. The highest BCUT2D eigenvalue weighted by atomic mass is 16.3. The molecule has 4 aromatic carbocycles. The van der Waals surface area contributed by atoms with Crippen LogP contribution in [0.25, 0.3) is 33.3 Å². The molecule has 0 aliphatic carbocycles. The van der Waals surface area contributed by atoms with Crippen LogP contribution in [0.15, 0.2) is 89.3 Å². The largest absolute Gasteiger partial charge is 0.436 e. The van der Waals surface area contributed by atoms with Crippen LogP contribution in [0.1, 0.15) is 15.9 Å². The number of carbonyl (C=O) groups excluding carboxylic acids is 1. The maximum absolute atomic E-state index is 12.7. The summed E-state index contributed by atoms with van der Waals surface area (Å²) in [6.07, 6.45) is 0. The predicted molar refractivity (Wildman–Crippen MR) is 116 cm³/mol. The van der Waals surface area contributed by atoms with Gasteiger partial charge in [-0.15, -0.1) is 0 Å². The number of aryl methyl sites for hydroxylation is 1. The van der Waals surface area contributed by atoms with Crippen LogP contribution in [0.4, 0.5) is 5.69 Å². The van der Waals surface area contributed by atoms with Gasteiger partial charge in [-0.05, 0) is 65.7 Å². The molecule has 5 rings (SSSR count). The highest BCUT2D eigenvalue weighted by molar-refractivity contribution is 6.06. The Kier molecular flexibility index (Phi) is 4.10. The summed E-state index contributed by atoms with van der Waals surface area (Å²) in [6, 6.07) is 27.1. The summed E-state index contributed by atoms with van der Waals surface area (Å²) >= 11 is 0. The van der Waals surface area contributed by atoms with Gasteiger partial charge in [0, 0.05) is 16.8 Å². The molecule has 140 valence electrons. The molecule has 29 heavy (non-hydrogen) atoms. The van der Waals surface area contributed by atoms with E-state index in [0.717, 1.165) is 33.0 Å². The smallest absolute Gasteiger partial charge is 0.255 e. The van der Waals surface area contributed by atoms with Crippen LogP contribution in [0.5, 0.6) is 0 Å². The lowest BCUT2D eigenvalue weighted by Gasteiger charge is -2.07. The van der Waals surface area contributed by atoms with Crippen molar-refractivity contribution in [2.24, 2.45) is 0 Å². The zero-order valence-corrected chi connectivity index (χ0v) is 15.8. The lowest BCUT2D eigenvalue weighted by Crippen LogP contribution is -2.11. The van der Waals surface area contributed by atoms with Crippen LogP contribution in [0, 0.1) is 6.92 Å². The van der Waals surface area contributed by atoms with Crippen molar-refractivity contribution < 1.29 is 9.21 Å². The van der Waals surface area contributed by atoms with Gasteiger partial charge in [0.25, 0.3) is 5.91 Å². The number of benzene rings is 4. The first-order chi connectivity index (χ1) is 14.2. The molecule has 0 saturated carbocycles. The zero-order valence-electron chi connectivity index (χ0n) is 15.8. The number of rotatable bonds is 3. The quantitative estimate of drug-likeness (QED) is 0.406. The third kappa shape index (κ3) is 3.36. The number of carbonyl (C=O) groups is 1. The average molecular weight is 378 g/mol. The molecule has 0 aliphatic heterocycles. The average Bonchev–Trinajstić information content (AvgIpc) is 3.17. The maximum Gasteiger partial charge on any atom is 0.255 e. The number of nitrogens with zero attached hydrogens (tertiary/aromatic N) is 1. The molecule has 0 radical (unpaired) electrons. The number of hydrogen-bond acceptors (Lipinski definition) is 3. The fraction of sp³-hybridized carbons (Fsp3) is 0.0400. The van der Waals surface area contributed by atoms with Crippen molar-refractivity contribution in [3.05, 3.63) is 96.1 Å². The minimum Gasteiger partial charge on any atom is -0.436 e. The standard InChI is InChI=1S/C25H18N2O2/c1-16-9-12-23-22(13-16)27-25(29-23)20-7-4-8-21(15-20)26-24(28)19-11-10-17-5-2-3-6-18(17)14-19/h2-15H,1H3,(H,26,28). The number of amides is 1. The van der Waals surface area contributed by atoms with Gasteiger partial charge in [0.15, 0.2) is 5.58 Å². The second-order valence-corrected chi connectivity index (χ2v) is 7.09. The molecule has 1 N–H and O–H groups in total. The molecule has 4 nitrogen and oxygen atoms in total. The van der Waals surface area contributed by atoms with E-state index in [1.807, 2.05) is 91.9 Å².